The van der Waals surface area contributed by atoms with Gasteiger partial charge in [-0.15, -0.1) is 0 Å². The maximum Gasteiger partial charge on any atom is 0.0700 e. The Morgan fingerprint density at radius 3 is 3.07 bits per heavy atom. The monoisotopic (exact) mass is 203 g/mol. The summed E-state index contributed by atoms with van der Waals surface area (Å²) in [5.74, 6) is 0. The summed E-state index contributed by atoms with van der Waals surface area (Å²) in [6.07, 6.45) is 3.40. The first-order valence-corrected chi connectivity index (χ1v) is 5.31. The Balaban J connectivity index is 2.10. The zero-order valence-electron chi connectivity index (χ0n) is 8.87. The predicted molar refractivity (Wildman–Crippen MR) is 54.3 cm³/mol. The minimum Gasteiger partial charge on any atom is -0.396 e. The number of rotatable bonds is 7. The fraction of sp³-hybridized carbons (Fsp3) is 1.00. The van der Waals surface area contributed by atoms with E-state index in [0.29, 0.717) is 12.7 Å². The third-order valence-electron chi connectivity index (χ3n) is 2.50. The van der Waals surface area contributed by atoms with Gasteiger partial charge in [0.1, 0.15) is 0 Å². The van der Waals surface area contributed by atoms with Crippen molar-refractivity contribution in [1.82, 2.24) is 5.32 Å². The smallest absolute Gasteiger partial charge is 0.0700 e. The van der Waals surface area contributed by atoms with Crippen molar-refractivity contribution in [2.45, 2.75) is 31.4 Å². The van der Waals surface area contributed by atoms with E-state index in [2.05, 4.69) is 5.32 Å². The van der Waals surface area contributed by atoms with Crippen molar-refractivity contribution in [3.8, 4) is 0 Å². The maximum atomic E-state index is 8.83. The Hall–Kier alpha value is -0.160. The van der Waals surface area contributed by atoms with E-state index in [-0.39, 0.29) is 12.6 Å². The van der Waals surface area contributed by atoms with Gasteiger partial charge in [-0.2, -0.15) is 0 Å². The Bertz CT molecular complexity index is 131. The molecule has 84 valence electrons. The van der Waals surface area contributed by atoms with Gasteiger partial charge >= 0.3 is 0 Å². The van der Waals surface area contributed by atoms with E-state index < -0.39 is 0 Å². The molecule has 0 amide bonds. The second-order valence-corrected chi connectivity index (χ2v) is 3.71. The van der Waals surface area contributed by atoms with E-state index in [1.165, 1.54) is 6.42 Å². The van der Waals surface area contributed by atoms with Crippen molar-refractivity contribution in [3.63, 3.8) is 0 Å². The van der Waals surface area contributed by atoms with Gasteiger partial charge in [0.2, 0.25) is 0 Å². The van der Waals surface area contributed by atoms with Crippen molar-refractivity contribution in [3.05, 3.63) is 0 Å². The van der Waals surface area contributed by atoms with Crippen LogP contribution >= 0.6 is 0 Å². The van der Waals surface area contributed by atoms with Crippen LogP contribution in [0.5, 0.6) is 0 Å². The summed E-state index contributed by atoms with van der Waals surface area (Å²) < 4.78 is 10.6. The molecule has 1 saturated heterocycles. The topological polar surface area (TPSA) is 50.7 Å². The highest BCUT2D eigenvalue weighted by Gasteiger charge is 2.16. The van der Waals surface area contributed by atoms with Gasteiger partial charge in [-0.25, -0.2) is 0 Å². The van der Waals surface area contributed by atoms with Crippen molar-refractivity contribution in [2.24, 2.45) is 0 Å². The van der Waals surface area contributed by atoms with E-state index in [9.17, 15) is 0 Å². The van der Waals surface area contributed by atoms with Crippen LogP contribution < -0.4 is 5.32 Å². The first-order chi connectivity index (χ1) is 6.86. The molecule has 2 atom stereocenters. The van der Waals surface area contributed by atoms with Gasteiger partial charge in [0.05, 0.1) is 12.7 Å². The largest absolute Gasteiger partial charge is 0.396 e. The normalized spacial score (nSPS) is 24.0. The maximum absolute atomic E-state index is 8.83. The molecule has 1 heterocycles. The van der Waals surface area contributed by atoms with E-state index in [0.717, 1.165) is 26.0 Å². The molecule has 0 aromatic heterocycles. The Labute approximate surface area is 85.6 Å². The molecule has 0 saturated carbocycles. The number of methoxy groups -OCH3 is 1. The summed E-state index contributed by atoms with van der Waals surface area (Å²) in [7, 11) is 1.68. The van der Waals surface area contributed by atoms with E-state index >= 15 is 0 Å². The molecule has 0 spiro atoms. The number of ether oxygens (including phenoxy) is 2. The number of hydrogen-bond acceptors (Lipinski definition) is 4. The molecule has 1 aliphatic rings. The number of aliphatic hydroxyl groups excluding tert-OH is 1. The van der Waals surface area contributed by atoms with Crippen molar-refractivity contribution < 1.29 is 14.6 Å². The molecule has 1 rings (SSSR count). The second-order valence-electron chi connectivity index (χ2n) is 3.71. The summed E-state index contributed by atoms with van der Waals surface area (Å²) in [6, 6.07) is 0.245. The number of aliphatic hydroxyl groups is 1. The van der Waals surface area contributed by atoms with E-state index in [1.807, 2.05) is 0 Å². The molecule has 1 aliphatic heterocycles. The van der Waals surface area contributed by atoms with Crippen LogP contribution in [0.2, 0.25) is 0 Å². The van der Waals surface area contributed by atoms with E-state index in [1.54, 1.807) is 7.11 Å². The summed E-state index contributed by atoms with van der Waals surface area (Å²) in [6.45, 7) is 2.61. The fourth-order valence-corrected chi connectivity index (χ4v) is 1.70. The fourth-order valence-electron chi connectivity index (χ4n) is 1.70. The molecule has 0 aromatic rings. The molecule has 2 unspecified atom stereocenters. The van der Waals surface area contributed by atoms with Crippen LogP contribution in [-0.2, 0) is 9.47 Å². The Morgan fingerprint density at radius 1 is 1.64 bits per heavy atom. The molecule has 4 nitrogen and oxygen atoms in total. The SMILES string of the molecule is COCC(CCO)NCC1CCCO1. The van der Waals surface area contributed by atoms with Gasteiger partial charge in [0, 0.05) is 32.9 Å². The molecule has 2 N–H and O–H groups in total. The Kier molecular flexibility index (Phi) is 6.10. The summed E-state index contributed by atoms with van der Waals surface area (Å²) in [5.41, 5.74) is 0. The average molecular weight is 203 g/mol. The molecule has 4 heteroatoms. The highest BCUT2D eigenvalue weighted by molar-refractivity contribution is 4.72. The summed E-state index contributed by atoms with van der Waals surface area (Å²) in [4.78, 5) is 0. The first kappa shape index (κ1) is 11.9. The van der Waals surface area contributed by atoms with Crippen LogP contribution in [0.25, 0.3) is 0 Å². The number of nitrogens with one attached hydrogen (secondary N) is 1. The highest BCUT2D eigenvalue weighted by atomic mass is 16.5. The quantitative estimate of drug-likeness (QED) is 0.618. The van der Waals surface area contributed by atoms with Gasteiger partial charge < -0.3 is 19.9 Å². The van der Waals surface area contributed by atoms with Crippen molar-refractivity contribution in [2.75, 3.05) is 33.5 Å². The summed E-state index contributed by atoms with van der Waals surface area (Å²) >= 11 is 0. The van der Waals surface area contributed by atoms with Gasteiger partial charge in [-0.1, -0.05) is 0 Å². The molecule has 0 radical (unpaired) electrons. The molecule has 1 fully saturated rings. The molecule has 14 heavy (non-hydrogen) atoms. The lowest BCUT2D eigenvalue weighted by Crippen LogP contribution is -2.38. The molecular weight excluding hydrogens is 182 g/mol. The lowest BCUT2D eigenvalue weighted by molar-refractivity contribution is 0.0955. The van der Waals surface area contributed by atoms with Crippen molar-refractivity contribution >= 4 is 0 Å². The van der Waals surface area contributed by atoms with Crippen LogP contribution in [0.3, 0.4) is 0 Å². The molecule has 0 aliphatic carbocycles. The average Bonchev–Trinajstić information content (AvgIpc) is 2.67. The minimum atomic E-state index is 0.201. The lowest BCUT2D eigenvalue weighted by Gasteiger charge is -2.19. The van der Waals surface area contributed by atoms with Crippen LogP contribution in [0.15, 0.2) is 0 Å². The molecular formula is C10H21NO3. The summed E-state index contributed by atoms with van der Waals surface area (Å²) in [5, 5.41) is 12.2. The standard InChI is InChI=1S/C10H21NO3/c1-13-8-9(4-5-12)11-7-10-3-2-6-14-10/h9-12H,2-8H2,1H3. The first-order valence-electron chi connectivity index (χ1n) is 5.31. The highest BCUT2D eigenvalue weighted by Crippen LogP contribution is 2.10. The van der Waals surface area contributed by atoms with Crippen LogP contribution in [0.4, 0.5) is 0 Å². The van der Waals surface area contributed by atoms with E-state index in [4.69, 9.17) is 14.6 Å². The van der Waals surface area contributed by atoms with Crippen LogP contribution in [0.1, 0.15) is 19.3 Å². The predicted octanol–water partition coefficient (Wildman–Crippen LogP) is 0.152. The third-order valence-corrected chi connectivity index (χ3v) is 2.50. The zero-order chi connectivity index (χ0) is 10.2. The van der Waals surface area contributed by atoms with Crippen LogP contribution in [0, 0.1) is 0 Å². The van der Waals surface area contributed by atoms with Gasteiger partial charge in [0.25, 0.3) is 0 Å². The van der Waals surface area contributed by atoms with Crippen LogP contribution in [-0.4, -0.2) is 50.7 Å². The van der Waals surface area contributed by atoms with Gasteiger partial charge in [-0.3, -0.25) is 0 Å². The van der Waals surface area contributed by atoms with Gasteiger partial charge in [-0.05, 0) is 19.3 Å². The van der Waals surface area contributed by atoms with Gasteiger partial charge in [0.15, 0.2) is 0 Å². The minimum absolute atomic E-state index is 0.201. The second kappa shape index (κ2) is 7.17. The third kappa shape index (κ3) is 4.37. The molecule has 0 aromatic carbocycles. The van der Waals surface area contributed by atoms with Crippen molar-refractivity contribution in [1.29, 1.82) is 0 Å². The Morgan fingerprint density at radius 2 is 2.50 bits per heavy atom. The molecule has 0 bridgehead atoms. The lowest BCUT2D eigenvalue weighted by atomic mass is 10.2. The number of hydrogen-bond donors (Lipinski definition) is 2. The zero-order valence-corrected chi connectivity index (χ0v) is 8.87.